The SMILES string of the molecule is Cc1ccc(N=c2oc3c(C)ncc(CO)c3cc2C(=O)Nc2ccc3c(c2)OCO3)cc1. The molecular weight excluding hydrogens is 422 g/mol. The Morgan fingerprint density at radius 3 is 2.67 bits per heavy atom. The summed E-state index contributed by atoms with van der Waals surface area (Å²) >= 11 is 0. The zero-order valence-corrected chi connectivity index (χ0v) is 18.1. The molecular formula is C25H21N3O5. The molecule has 1 amide bonds. The van der Waals surface area contributed by atoms with Gasteiger partial charge >= 0.3 is 0 Å². The number of nitrogens with one attached hydrogen (secondary N) is 1. The van der Waals surface area contributed by atoms with Crippen molar-refractivity contribution in [2.24, 2.45) is 4.99 Å². The lowest BCUT2D eigenvalue weighted by atomic mass is 10.1. The summed E-state index contributed by atoms with van der Waals surface area (Å²) in [5.74, 6) is 0.771. The van der Waals surface area contributed by atoms with Crippen LogP contribution >= 0.6 is 0 Å². The van der Waals surface area contributed by atoms with Gasteiger partial charge in [0.25, 0.3) is 5.91 Å². The number of anilines is 1. The molecule has 8 heteroatoms. The first kappa shape index (κ1) is 20.7. The molecule has 4 aromatic rings. The zero-order valence-electron chi connectivity index (χ0n) is 18.1. The number of aromatic nitrogens is 1. The van der Waals surface area contributed by atoms with E-state index in [0.29, 0.717) is 45.1 Å². The van der Waals surface area contributed by atoms with E-state index in [2.05, 4.69) is 15.3 Å². The second-order valence-electron chi connectivity index (χ2n) is 7.70. The predicted octanol–water partition coefficient (Wildman–Crippen LogP) is 4.15. The fraction of sp³-hybridized carbons (Fsp3) is 0.160. The summed E-state index contributed by atoms with van der Waals surface area (Å²) < 4.78 is 16.8. The lowest BCUT2D eigenvalue weighted by molar-refractivity contribution is 0.102. The van der Waals surface area contributed by atoms with Crippen molar-refractivity contribution in [3.8, 4) is 11.5 Å². The van der Waals surface area contributed by atoms with Gasteiger partial charge in [0, 0.05) is 28.9 Å². The van der Waals surface area contributed by atoms with Crippen LogP contribution in [0.5, 0.6) is 11.5 Å². The maximum Gasteiger partial charge on any atom is 0.261 e. The molecule has 0 spiro atoms. The van der Waals surface area contributed by atoms with E-state index in [9.17, 15) is 9.90 Å². The normalized spacial score (nSPS) is 12.9. The molecule has 0 saturated carbocycles. The van der Waals surface area contributed by atoms with Gasteiger partial charge in [-0.05, 0) is 44.2 Å². The summed E-state index contributed by atoms with van der Waals surface area (Å²) in [5.41, 5.74) is 4.29. The molecule has 1 aliphatic heterocycles. The second-order valence-corrected chi connectivity index (χ2v) is 7.70. The average Bonchev–Trinajstić information content (AvgIpc) is 3.29. The van der Waals surface area contributed by atoms with E-state index in [1.807, 2.05) is 31.2 Å². The van der Waals surface area contributed by atoms with E-state index in [0.717, 1.165) is 5.56 Å². The number of nitrogens with zero attached hydrogens (tertiary/aromatic N) is 2. The van der Waals surface area contributed by atoms with Crippen LogP contribution in [0.15, 0.2) is 64.1 Å². The molecule has 3 heterocycles. The number of rotatable bonds is 4. The van der Waals surface area contributed by atoms with Crippen LogP contribution < -0.4 is 20.3 Å². The molecule has 166 valence electrons. The molecule has 2 aromatic heterocycles. The Morgan fingerprint density at radius 1 is 1.09 bits per heavy atom. The van der Waals surface area contributed by atoms with Crippen LogP contribution in [0.4, 0.5) is 11.4 Å². The van der Waals surface area contributed by atoms with Crippen LogP contribution in [0, 0.1) is 13.8 Å². The number of pyridine rings is 1. The Bertz CT molecular complexity index is 1440. The third-order valence-electron chi connectivity index (χ3n) is 5.36. The minimum atomic E-state index is -0.413. The predicted molar refractivity (Wildman–Crippen MR) is 122 cm³/mol. The van der Waals surface area contributed by atoms with Crippen LogP contribution in [0.2, 0.25) is 0 Å². The van der Waals surface area contributed by atoms with Gasteiger partial charge in [0.2, 0.25) is 12.3 Å². The lowest BCUT2D eigenvalue weighted by Crippen LogP contribution is -2.22. The summed E-state index contributed by atoms with van der Waals surface area (Å²) in [5, 5.41) is 13.2. The largest absolute Gasteiger partial charge is 0.454 e. The van der Waals surface area contributed by atoms with E-state index in [1.165, 1.54) is 0 Å². The van der Waals surface area contributed by atoms with Crippen molar-refractivity contribution < 1.29 is 23.8 Å². The van der Waals surface area contributed by atoms with Crippen molar-refractivity contribution in [3.05, 3.63) is 82.7 Å². The molecule has 0 fully saturated rings. The molecule has 0 atom stereocenters. The smallest absolute Gasteiger partial charge is 0.261 e. The number of ether oxygens (including phenoxy) is 2. The number of aryl methyl sites for hydroxylation is 2. The third-order valence-corrected chi connectivity index (χ3v) is 5.36. The average molecular weight is 443 g/mol. The molecule has 33 heavy (non-hydrogen) atoms. The summed E-state index contributed by atoms with van der Waals surface area (Å²) in [4.78, 5) is 22.2. The van der Waals surface area contributed by atoms with Crippen molar-refractivity contribution in [2.45, 2.75) is 20.5 Å². The van der Waals surface area contributed by atoms with Crippen LogP contribution in [-0.2, 0) is 6.61 Å². The topological polar surface area (TPSA) is 106 Å². The number of aliphatic hydroxyl groups is 1. The Labute approximate surface area is 189 Å². The monoisotopic (exact) mass is 443 g/mol. The van der Waals surface area contributed by atoms with Gasteiger partial charge in [-0.15, -0.1) is 0 Å². The van der Waals surface area contributed by atoms with Gasteiger partial charge in [-0.3, -0.25) is 9.78 Å². The summed E-state index contributed by atoms with van der Waals surface area (Å²) in [6.45, 7) is 3.69. The summed E-state index contributed by atoms with van der Waals surface area (Å²) in [7, 11) is 0. The van der Waals surface area contributed by atoms with E-state index in [-0.39, 0.29) is 24.5 Å². The van der Waals surface area contributed by atoms with E-state index >= 15 is 0 Å². The van der Waals surface area contributed by atoms with Crippen molar-refractivity contribution >= 4 is 28.3 Å². The van der Waals surface area contributed by atoms with Crippen LogP contribution in [0.1, 0.15) is 27.2 Å². The second kappa shape index (κ2) is 8.40. The third kappa shape index (κ3) is 4.04. The molecule has 8 nitrogen and oxygen atoms in total. The molecule has 0 radical (unpaired) electrons. The number of hydrogen-bond acceptors (Lipinski definition) is 7. The maximum atomic E-state index is 13.3. The number of carbonyl (C=O) groups excluding carboxylic acids is 1. The molecule has 5 rings (SSSR count). The first-order valence-corrected chi connectivity index (χ1v) is 10.4. The van der Waals surface area contributed by atoms with Gasteiger partial charge in [-0.25, -0.2) is 4.99 Å². The molecule has 0 aliphatic carbocycles. The highest BCUT2D eigenvalue weighted by Gasteiger charge is 2.18. The minimum Gasteiger partial charge on any atom is -0.454 e. The highest BCUT2D eigenvalue weighted by molar-refractivity contribution is 6.05. The molecule has 0 bridgehead atoms. The summed E-state index contributed by atoms with van der Waals surface area (Å²) in [6.07, 6.45) is 1.57. The molecule has 2 N–H and O–H groups in total. The van der Waals surface area contributed by atoms with Crippen LogP contribution in [0.3, 0.4) is 0 Å². The fourth-order valence-electron chi connectivity index (χ4n) is 3.57. The van der Waals surface area contributed by atoms with Gasteiger partial charge in [-0.2, -0.15) is 0 Å². The van der Waals surface area contributed by atoms with Gasteiger partial charge in [0.1, 0.15) is 5.56 Å². The van der Waals surface area contributed by atoms with E-state index in [1.54, 1.807) is 37.4 Å². The quantitative estimate of drug-likeness (QED) is 0.491. The lowest BCUT2D eigenvalue weighted by Gasteiger charge is -2.10. The van der Waals surface area contributed by atoms with Crippen molar-refractivity contribution in [2.75, 3.05) is 12.1 Å². The zero-order chi connectivity index (χ0) is 22.9. The minimum absolute atomic E-state index is 0.143. The molecule has 2 aromatic carbocycles. The number of hydrogen-bond donors (Lipinski definition) is 2. The van der Waals surface area contributed by atoms with Crippen molar-refractivity contribution in [1.82, 2.24) is 4.98 Å². The van der Waals surface area contributed by atoms with Crippen molar-refractivity contribution in [1.29, 1.82) is 0 Å². The van der Waals surface area contributed by atoms with Gasteiger partial charge < -0.3 is 24.3 Å². The first-order chi connectivity index (χ1) is 16.0. The number of fused-ring (bicyclic) bond motifs is 2. The number of carbonyl (C=O) groups is 1. The molecule has 1 aliphatic rings. The van der Waals surface area contributed by atoms with Gasteiger partial charge in [0.05, 0.1) is 18.0 Å². The summed E-state index contributed by atoms with van der Waals surface area (Å²) in [6, 6.07) is 14.4. The molecule has 0 saturated heterocycles. The Kier molecular flexibility index (Phi) is 5.27. The standard InChI is InChI=1S/C25H21N3O5/c1-14-3-5-17(6-4-14)28-25-20(10-19-16(12-29)11-26-15(2)23(19)33-25)24(30)27-18-7-8-21-22(9-18)32-13-31-21/h3-11,29H,12-13H2,1-2H3,(H,27,30). The van der Waals surface area contributed by atoms with Gasteiger partial charge in [-0.1, -0.05) is 17.7 Å². The van der Waals surface area contributed by atoms with Gasteiger partial charge in [0.15, 0.2) is 17.1 Å². The van der Waals surface area contributed by atoms with E-state index in [4.69, 9.17) is 13.9 Å². The van der Waals surface area contributed by atoms with Crippen LogP contribution in [-0.4, -0.2) is 22.8 Å². The van der Waals surface area contributed by atoms with Crippen molar-refractivity contribution in [3.63, 3.8) is 0 Å². The highest BCUT2D eigenvalue weighted by atomic mass is 16.7. The molecule has 0 unspecified atom stereocenters. The number of amides is 1. The highest BCUT2D eigenvalue weighted by Crippen LogP contribution is 2.34. The Morgan fingerprint density at radius 2 is 1.88 bits per heavy atom. The number of benzene rings is 2. The van der Waals surface area contributed by atoms with Crippen LogP contribution in [0.25, 0.3) is 11.0 Å². The first-order valence-electron chi connectivity index (χ1n) is 10.4. The Balaban J connectivity index is 1.64. The Hall–Kier alpha value is -4.17. The number of aliphatic hydroxyl groups excluding tert-OH is 1. The fourth-order valence-corrected chi connectivity index (χ4v) is 3.57. The van der Waals surface area contributed by atoms with E-state index < -0.39 is 5.91 Å². The maximum absolute atomic E-state index is 13.3.